The van der Waals surface area contributed by atoms with Crippen molar-refractivity contribution in [2.24, 2.45) is 0 Å². The van der Waals surface area contributed by atoms with Gasteiger partial charge in [0.05, 0.1) is 50.4 Å². The average Bonchev–Trinajstić information content (AvgIpc) is 2.65. The molecule has 112 valence electrons. The van der Waals surface area contributed by atoms with Gasteiger partial charge in [-0.05, 0) is 11.1 Å². The van der Waals surface area contributed by atoms with Gasteiger partial charge in [-0.2, -0.15) is 0 Å². The van der Waals surface area contributed by atoms with Crippen molar-refractivity contribution in [3.05, 3.63) is 71.8 Å². The second-order valence-corrected chi connectivity index (χ2v) is 4.06. The summed E-state index contributed by atoms with van der Waals surface area (Å²) in [5.41, 5.74) is 1.16. The largest absolute Gasteiger partial charge is 0.377 e. The topological polar surface area (TPSA) is 27.7 Å². The Morgan fingerprint density at radius 2 is 0.952 bits per heavy atom. The highest BCUT2D eigenvalue weighted by molar-refractivity contribution is 5.14. The van der Waals surface area contributed by atoms with Crippen LogP contribution < -0.4 is 0 Å². The molecule has 0 bridgehead atoms. The number of rotatable bonds is 10. The second-order valence-electron chi connectivity index (χ2n) is 4.06. The second kappa shape index (κ2) is 10.1. The average molecular weight is 294 g/mol. The van der Waals surface area contributed by atoms with Gasteiger partial charge in [0.1, 0.15) is 0 Å². The Balaban J connectivity index is 2.04. The van der Waals surface area contributed by atoms with Gasteiger partial charge in [-0.25, -0.2) is 0 Å². The summed E-state index contributed by atoms with van der Waals surface area (Å²) < 4.78 is 77.0. The zero-order valence-electron chi connectivity index (χ0n) is 19.4. The first-order chi connectivity index (χ1) is 13.4. The molecule has 0 heterocycles. The third kappa shape index (κ3) is 7.04. The van der Waals surface area contributed by atoms with E-state index in [9.17, 15) is 0 Å². The van der Waals surface area contributed by atoms with Crippen molar-refractivity contribution in [1.82, 2.24) is 0 Å². The predicted molar refractivity (Wildman–Crippen MR) is 83.0 cm³/mol. The lowest BCUT2D eigenvalue weighted by Gasteiger charge is -2.07. The molecule has 3 heteroatoms. The van der Waals surface area contributed by atoms with E-state index in [1.54, 1.807) is 60.7 Å². The molecular weight excluding hydrogens is 264 g/mol. The Bertz CT molecular complexity index is 704. The molecule has 21 heavy (non-hydrogen) atoms. The maximum Gasteiger partial charge on any atom is 0.0718 e. The highest BCUT2D eigenvalue weighted by Crippen LogP contribution is 2.01. The summed E-state index contributed by atoms with van der Waals surface area (Å²) in [4.78, 5) is 0. The number of hydrogen-bond acceptors (Lipinski definition) is 3. The van der Waals surface area contributed by atoms with Crippen LogP contribution in [0.3, 0.4) is 0 Å². The minimum atomic E-state index is -3.31. The van der Waals surface area contributed by atoms with Crippen molar-refractivity contribution < 1.29 is 25.2 Å². The maximum absolute atomic E-state index is 7.81. The molecule has 0 saturated heterocycles. The molecule has 2 rings (SSSR count). The molecule has 3 nitrogen and oxygen atoms in total. The summed E-state index contributed by atoms with van der Waals surface area (Å²) in [6.45, 7) is -13.3. The van der Waals surface area contributed by atoms with Crippen LogP contribution in [-0.4, -0.2) is 26.2 Å². The molecule has 0 aromatic heterocycles. The summed E-state index contributed by atoms with van der Waals surface area (Å²) in [6, 6.07) is 17.0. The highest BCUT2D eigenvalue weighted by atomic mass is 16.5. The molecule has 0 aliphatic carbocycles. The molecule has 2 aromatic rings. The van der Waals surface area contributed by atoms with E-state index in [2.05, 4.69) is 4.74 Å². The van der Waals surface area contributed by atoms with Crippen LogP contribution in [0.25, 0.3) is 0 Å². The van der Waals surface area contributed by atoms with Crippen molar-refractivity contribution in [3.63, 3.8) is 0 Å². The van der Waals surface area contributed by atoms with E-state index in [-0.39, 0.29) is 13.2 Å². The molecule has 0 spiro atoms. The van der Waals surface area contributed by atoms with Gasteiger partial charge < -0.3 is 14.2 Å². The molecule has 0 fully saturated rings. The van der Waals surface area contributed by atoms with E-state index < -0.39 is 26.2 Å². The summed E-state index contributed by atoms with van der Waals surface area (Å²) in [5.74, 6) is 0. The normalized spacial score (nSPS) is 19.0. The molecule has 0 unspecified atom stereocenters. The summed E-state index contributed by atoms with van der Waals surface area (Å²) in [7, 11) is 0. The standard InChI is InChI=1S/C18H22O3/c1-3-7-17(8-4-1)15-20-13-11-19-12-14-21-16-18-9-5-2-6-10-18/h1-10H,11-16H2/i11D2,12D2,13D2,14D2. The van der Waals surface area contributed by atoms with E-state index in [0.717, 1.165) is 0 Å². The van der Waals surface area contributed by atoms with E-state index in [0.29, 0.717) is 11.1 Å². The minimum Gasteiger partial charge on any atom is -0.377 e. The Morgan fingerprint density at radius 3 is 1.38 bits per heavy atom. The first kappa shape index (κ1) is 8.08. The van der Waals surface area contributed by atoms with E-state index in [4.69, 9.17) is 20.4 Å². The van der Waals surface area contributed by atoms with Crippen LogP contribution in [-0.2, 0) is 27.4 Å². The lowest BCUT2D eigenvalue weighted by atomic mass is 10.2. The zero-order valence-corrected chi connectivity index (χ0v) is 11.4. The molecule has 0 N–H and O–H groups in total. The monoisotopic (exact) mass is 294 g/mol. The Kier molecular flexibility index (Phi) is 3.89. The number of benzene rings is 2. The molecular formula is C18H22O3. The molecule has 0 amide bonds. The van der Waals surface area contributed by atoms with Crippen LogP contribution in [0.2, 0.25) is 0 Å². The van der Waals surface area contributed by atoms with Crippen LogP contribution in [0.15, 0.2) is 60.7 Å². The highest BCUT2D eigenvalue weighted by Gasteiger charge is 1.94. The fourth-order valence-corrected chi connectivity index (χ4v) is 1.51. The SMILES string of the molecule is [2H]C([2H])(OCc1ccccc1)C([2H])([2H])OC([2H])([2H])C([2H])([2H])OCc1ccccc1. The zero-order chi connectivity index (χ0) is 21.8. The van der Waals surface area contributed by atoms with Gasteiger partial charge in [0, 0.05) is 0 Å². The Labute approximate surface area is 137 Å². The van der Waals surface area contributed by atoms with Crippen LogP contribution in [0.1, 0.15) is 22.1 Å². The van der Waals surface area contributed by atoms with Gasteiger partial charge in [-0.1, -0.05) is 60.7 Å². The van der Waals surface area contributed by atoms with Gasteiger partial charge >= 0.3 is 0 Å². The molecule has 0 atom stereocenters. The quantitative estimate of drug-likeness (QED) is 0.672. The van der Waals surface area contributed by atoms with E-state index >= 15 is 0 Å². The van der Waals surface area contributed by atoms with Gasteiger partial charge in [0.25, 0.3) is 0 Å². The van der Waals surface area contributed by atoms with Gasteiger partial charge in [0.2, 0.25) is 0 Å². The molecule has 2 aromatic carbocycles. The molecule has 0 radical (unpaired) electrons. The lowest BCUT2D eigenvalue weighted by Crippen LogP contribution is -2.09. The summed E-state index contributed by atoms with van der Waals surface area (Å²) >= 11 is 0. The number of hydrogen-bond donors (Lipinski definition) is 0. The van der Waals surface area contributed by atoms with Crippen molar-refractivity contribution in [2.45, 2.75) is 13.2 Å². The van der Waals surface area contributed by atoms with Crippen molar-refractivity contribution in [3.8, 4) is 0 Å². The third-order valence-corrected chi connectivity index (χ3v) is 2.49. The van der Waals surface area contributed by atoms with Gasteiger partial charge in [-0.3, -0.25) is 0 Å². The Hall–Kier alpha value is -1.68. The van der Waals surface area contributed by atoms with Gasteiger partial charge in [0.15, 0.2) is 0 Å². The summed E-state index contributed by atoms with van der Waals surface area (Å²) in [6.07, 6.45) is 0. The van der Waals surface area contributed by atoms with Crippen LogP contribution >= 0.6 is 0 Å². The first-order valence-electron chi connectivity index (χ1n) is 10.4. The van der Waals surface area contributed by atoms with Crippen molar-refractivity contribution >= 4 is 0 Å². The molecule has 0 saturated carbocycles. The smallest absolute Gasteiger partial charge is 0.0718 e. The van der Waals surface area contributed by atoms with Crippen molar-refractivity contribution in [2.75, 3.05) is 26.2 Å². The fraction of sp³-hybridized carbons (Fsp3) is 0.333. The third-order valence-electron chi connectivity index (χ3n) is 2.49. The van der Waals surface area contributed by atoms with Crippen LogP contribution in [0, 0.1) is 0 Å². The van der Waals surface area contributed by atoms with E-state index in [1.807, 2.05) is 0 Å². The van der Waals surface area contributed by atoms with Crippen LogP contribution in [0.4, 0.5) is 0 Å². The maximum atomic E-state index is 7.81. The van der Waals surface area contributed by atoms with E-state index in [1.165, 1.54) is 0 Å². The van der Waals surface area contributed by atoms with Crippen molar-refractivity contribution in [1.29, 1.82) is 0 Å². The molecule has 0 aliphatic rings. The number of ether oxygens (including phenoxy) is 3. The minimum absolute atomic E-state index is 0.281. The molecule has 0 aliphatic heterocycles. The van der Waals surface area contributed by atoms with Crippen LogP contribution in [0.5, 0.6) is 0 Å². The predicted octanol–water partition coefficient (Wildman–Crippen LogP) is 3.44. The van der Waals surface area contributed by atoms with Gasteiger partial charge in [-0.15, -0.1) is 0 Å². The fourth-order valence-electron chi connectivity index (χ4n) is 1.51. The Morgan fingerprint density at radius 1 is 0.571 bits per heavy atom. The first-order valence-corrected chi connectivity index (χ1v) is 6.42. The lowest BCUT2D eigenvalue weighted by molar-refractivity contribution is 0.00704. The summed E-state index contributed by atoms with van der Waals surface area (Å²) in [5, 5.41) is 0.